The van der Waals surface area contributed by atoms with Gasteiger partial charge in [-0.05, 0) is 103 Å². The molecular weight excluding hydrogens is 394 g/mol. The van der Waals surface area contributed by atoms with Crippen molar-refractivity contribution in [3.05, 3.63) is 47.5 Å². The molecule has 1 N–H and O–H groups in total. The fraction of sp³-hybridized carbons (Fsp3) is 0.621. The quantitative estimate of drug-likeness (QED) is 0.513. The van der Waals surface area contributed by atoms with E-state index in [0.29, 0.717) is 5.41 Å². The molecule has 0 bridgehead atoms. The lowest BCUT2D eigenvalue weighted by molar-refractivity contribution is -0.143. The van der Waals surface area contributed by atoms with Crippen LogP contribution in [-0.4, -0.2) is 29.1 Å². The second kappa shape index (κ2) is 9.95. The lowest BCUT2D eigenvalue weighted by atomic mass is 9.67. The minimum Gasteiger partial charge on any atom is -0.481 e. The van der Waals surface area contributed by atoms with Crippen LogP contribution in [0, 0.1) is 23.2 Å². The maximum absolute atomic E-state index is 11.2. The molecule has 32 heavy (non-hydrogen) atoms. The van der Waals surface area contributed by atoms with Gasteiger partial charge in [0.15, 0.2) is 0 Å². The molecule has 0 unspecified atom stereocenters. The highest BCUT2D eigenvalue weighted by molar-refractivity contribution is 5.83. The fourth-order valence-corrected chi connectivity index (χ4v) is 5.94. The third-order valence-electron chi connectivity index (χ3n) is 8.70. The number of fused-ring (bicyclic) bond motifs is 1. The largest absolute Gasteiger partial charge is 0.481 e. The van der Waals surface area contributed by atoms with Crippen LogP contribution in [0.2, 0.25) is 0 Å². The zero-order chi connectivity index (χ0) is 22.7. The smallest absolute Gasteiger partial charge is 0.306 e. The first kappa shape index (κ1) is 23.3. The third kappa shape index (κ3) is 5.54. The predicted octanol–water partition coefficient (Wildman–Crippen LogP) is 6.92. The Hall–Kier alpha value is -1.87. The van der Waals surface area contributed by atoms with Crippen LogP contribution in [0.5, 0.6) is 0 Å². The van der Waals surface area contributed by atoms with Gasteiger partial charge in [-0.25, -0.2) is 0 Å². The lowest BCUT2D eigenvalue weighted by Gasteiger charge is -2.39. The summed E-state index contributed by atoms with van der Waals surface area (Å²) in [6.07, 6.45) is 9.59. The number of nitrogens with zero attached hydrogens (tertiary/aromatic N) is 1. The van der Waals surface area contributed by atoms with E-state index in [0.717, 1.165) is 44.3 Å². The topological polar surface area (TPSA) is 40.5 Å². The van der Waals surface area contributed by atoms with Crippen LogP contribution in [0.25, 0.3) is 10.8 Å². The highest BCUT2D eigenvalue weighted by atomic mass is 16.4. The molecule has 1 saturated carbocycles. The standard InChI is InChI=1S/C29H41NO2/c1-4-29(2,3)27-11-7-21(8-12-27)17-22-5-9-26-19-23(6-10-25(26)18-22)20-30-15-13-24(14-16-30)28(31)32/h5-6,9-10,18-19,21,24,27H,4,7-8,11-17,20H2,1-3H3,(H,31,32). The van der Waals surface area contributed by atoms with Gasteiger partial charge in [0.05, 0.1) is 5.92 Å². The van der Waals surface area contributed by atoms with Gasteiger partial charge in [0.25, 0.3) is 0 Å². The number of likely N-dealkylation sites (tertiary alicyclic amines) is 1. The molecule has 0 aromatic heterocycles. The zero-order valence-corrected chi connectivity index (χ0v) is 20.3. The molecule has 1 aliphatic carbocycles. The minimum atomic E-state index is -0.635. The molecule has 2 fully saturated rings. The highest BCUT2D eigenvalue weighted by Gasteiger charge is 2.31. The summed E-state index contributed by atoms with van der Waals surface area (Å²) in [6.45, 7) is 9.92. The zero-order valence-electron chi connectivity index (χ0n) is 20.3. The van der Waals surface area contributed by atoms with E-state index in [-0.39, 0.29) is 5.92 Å². The van der Waals surface area contributed by atoms with Crippen molar-refractivity contribution in [3.63, 3.8) is 0 Å². The van der Waals surface area contributed by atoms with Gasteiger partial charge in [-0.2, -0.15) is 0 Å². The molecule has 3 nitrogen and oxygen atoms in total. The maximum Gasteiger partial charge on any atom is 0.306 e. The van der Waals surface area contributed by atoms with Gasteiger partial charge in [-0.15, -0.1) is 0 Å². The van der Waals surface area contributed by atoms with Crippen molar-refractivity contribution in [2.24, 2.45) is 23.2 Å². The summed E-state index contributed by atoms with van der Waals surface area (Å²) >= 11 is 0. The van der Waals surface area contributed by atoms with Crippen LogP contribution in [0.1, 0.15) is 76.8 Å². The molecule has 4 rings (SSSR count). The van der Waals surface area contributed by atoms with Crippen molar-refractivity contribution < 1.29 is 9.90 Å². The number of hydrogen-bond donors (Lipinski definition) is 1. The van der Waals surface area contributed by atoms with Gasteiger partial charge >= 0.3 is 5.97 Å². The van der Waals surface area contributed by atoms with Crippen molar-refractivity contribution in [2.75, 3.05) is 13.1 Å². The van der Waals surface area contributed by atoms with Crippen LogP contribution in [0.15, 0.2) is 36.4 Å². The maximum atomic E-state index is 11.2. The second-order valence-electron chi connectivity index (χ2n) is 11.2. The van der Waals surface area contributed by atoms with Gasteiger partial charge < -0.3 is 5.11 Å². The second-order valence-corrected chi connectivity index (χ2v) is 11.2. The van der Waals surface area contributed by atoms with Gasteiger partial charge in [0.2, 0.25) is 0 Å². The van der Waals surface area contributed by atoms with Crippen molar-refractivity contribution in [3.8, 4) is 0 Å². The Bertz CT molecular complexity index is 918. The summed E-state index contributed by atoms with van der Waals surface area (Å²) in [6, 6.07) is 13.9. The minimum absolute atomic E-state index is 0.158. The number of aliphatic carboxylic acids is 1. The summed E-state index contributed by atoms with van der Waals surface area (Å²) in [5.41, 5.74) is 3.31. The van der Waals surface area contributed by atoms with E-state index in [1.807, 2.05) is 0 Å². The summed E-state index contributed by atoms with van der Waals surface area (Å²) in [5, 5.41) is 11.9. The number of carboxylic acid groups (broad SMARTS) is 1. The summed E-state index contributed by atoms with van der Waals surface area (Å²) in [4.78, 5) is 13.6. The molecule has 2 aromatic rings. The van der Waals surface area contributed by atoms with E-state index in [9.17, 15) is 9.90 Å². The van der Waals surface area contributed by atoms with Gasteiger partial charge in [-0.3, -0.25) is 9.69 Å². The Balaban J connectivity index is 1.33. The fourth-order valence-electron chi connectivity index (χ4n) is 5.94. The molecule has 174 valence electrons. The van der Waals surface area contributed by atoms with E-state index >= 15 is 0 Å². The van der Waals surface area contributed by atoms with Crippen LogP contribution in [0.4, 0.5) is 0 Å². The van der Waals surface area contributed by atoms with E-state index < -0.39 is 5.97 Å². The highest BCUT2D eigenvalue weighted by Crippen LogP contribution is 2.42. The van der Waals surface area contributed by atoms with Crippen molar-refractivity contribution in [1.82, 2.24) is 4.90 Å². The number of carboxylic acids is 1. The average Bonchev–Trinajstić information content (AvgIpc) is 2.80. The lowest BCUT2D eigenvalue weighted by Crippen LogP contribution is -2.35. The third-order valence-corrected chi connectivity index (χ3v) is 8.70. The summed E-state index contributed by atoms with van der Waals surface area (Å²) in [7, 11) is 0. The van der Waals surface area contributed by atoms with E-state index in [2.05, 4.69) is 62.1 Å². The number of carbonyl (C=O) groups is 1. The Morgan fingerprint density at radius 1 is 0.938 bits per heavy atom. The van der Waals surface area contributed by atoms with Crippen LogP contribution < -0.4 is 0 Å². The SMILES string of the molecule is CCC(C)(C)C1CCC(Cc2ccc3cc(CN4CCC(C(=O)O)CC4)ccc3c2)CC1. The number of benzene rings is 2. The summed E-state index contributed by atoms with van der Waals surface area (Å²) in [5.74, 6) is 0.941. The molecule has 2 aromatic carbocycles. The first-order valence-electron chi connectivity index (χ1n) is 12.8. The van der Waals surface area contributed by atoms with Gasteiger partial charge in [0, 0.05) is 6.54 Å². The van der Waals surface area contributed by atoms with E-state index in [1.54, 1.807) is 0 Å². The van der Waals surface area contributed by atoms with Gasteiger partial charge in [0.1, 0.15) is 0 Å². The molecule has 0 atom stereocenters. The predicted molar refractivity (Wildman–Crippen MR) is 133 cm³/mol. The molecule has 1 heterocycles. The molecule has 0 amide bonds. The van der Waals surface area contributed by atoms with Crippen LogP contribution in [0.3, 0.4) is 0 Å². The normalized spacial score (nSPS) is 23.5. The molecule has 1 aliphatic heterocycles. The molecule has 3 heteroatoms. The van der Waals surface area contributed by atoms with E-state index in [4.69, 9.17) is 0 Å². The van der Waals surface area contributed by atoms with E-state index in [1.165, 1.54) is 60.4 Å². The first-order chi connectivity index (χ1) is 15.3. The number of piperidine rings is 1. The number of hydrogen-bond acceptors (Lipinski definition) is 2. The van der Waals surface area contributed by atoms with Crippen molar-refractivity contribution in [2.45, 2.75) is 78.7 Å². The number of rotatable bonds is 7. The summed E-state index contributed by atoms with van der Waals surface area (Å²) < 4.78 is 0. The molecule has 1 saturated heterocycles. The first-order valence-corrected chi connectivity index (χ1v) is 12.8. The molecule has 0 spiro atoms. The molecular formula is C29H41NO2. The van der Waals surface area contributed by atoms with Crippen LogP contribution in [-0.2, 0) is 17.8 Å². The van der Waals surface area contributed by atoms with Crippen molar-refractivity contribution in [1.29, 1.82) is 0 Å². The monoisotopic (exact) mass is 435 g/mol. The Morgan fingerprint density at radius 3 is 2.12 bits per heavy atom. The molecule has 0 radical (unpaired) electrons. The van der Waals surface area contributed by atoms with Crippen LogP contribution >= 0.6 is 0 Å². The average molecular weight is 436 g/mol. The molecule has 2 aliphatic rings. The Kier molecular flexibility index (Phi) is 7.24. The Labute approximate surface area is 194 Å². The van der Waals surface area contributed by atoms with Crippen molar-refractivity contribution >= 4 is 16.7 Å². The van der Waals surface area contributed by atoms with Gasteiger partial charge in [-0.1, -0.05) is 57.5 Å². The Morgan fingerprint density at radius 2 is 1.53 bits per heavy atom.